The highest BCUT2D eigenvalue weighted by molar-refractivity contribution is 5.93. The van der Waals surface area contributed by atoms with Crippen molar-refractivity contribution in [3.8, 4) is 11.5 Å². The number of hydrogen-bond donors (Lipinski definition) is 2. The Labute approximate surface area is 282 Å². The van der Waals surface area contributed by atoms with Crippen molar-refractivity contribution in [1.29, 1.82) is 0 Å². The van der Waals surface area contributed by atoms with Crippen molar-refractivity contribution in [2.45, 2.75) is 51.8 Å². The van der Waals surface area contributed by atoms with Crippen LogP contribution in [0.15, 0.2) is 54.6 Å². The summed E-state index contributed by atoms with van der Waals surface area (Å²) in [7, 11) is 0. The van der Waals surface area contributed by atoms with Gasteiger partial charge in [-0.2, -0.15) is 0 Å². The second kappa shape index (κ2) is 19.5. The fourth-order valence-corrected chi connectivity index (χ4v) is 5.42. The lowest BCUT2D eigenvalue weighted by atomic mass is 9.97. The molecule has 0 radical (unpaired) electrons. The van der Waals surface area contributed by atoms with E-state index in [1.54, 1.807) is 4.90 Å². The van der Waals surface area contributed by atoms with Crippen LogP contribution in [0.2, 0.25) is 0 Å². The molecule has 0 unspecified atom stereocenters. The molecule has 4 amide bonds. The van der Waals surface area contributed by atoms with Crippen molar-refractivity contribution in [3.63, 3.8) is 0 Å². The number of likely N-dealkylation sites (tertiary alicyclic amines) is 1. The van der Waals surface area contributed by atoms with Gasteiger partial charge in [-0.3, -0.25) is 19.3 Å². The Morgan fingerprint density at radius 3 is 2.10 bits per heavy atom. The Kier molecular flexibility index (Phi) is 14.8. The number of nitrogens with zero attached hydrogens (tertiary/aromatic N) is 2. The van der Waals surface area contributed by atoms with E-state index in [4.69, 9.17) is 23.7 Å². The van der Waals surface area contributed by atoms with Crippen molar-refractivity contribution in [2.24, 2.45) is 5.92 Å². The monoisotopic (exact) mass is 668 g/mol. The fraction of sp³-hybridized carbons (Fsp3) is 0.543. The third-order valence-electron chi connectivity index (χ3n) is 8.39. The van der Waals surface area contributed by atoms with E-state index in [0.717, 1.165) is 5.56 Å². The summed E-state index contributed by atoms with van der Waals surface area (Å²) in [5, 5.41) is 5.57. The van der Waals surface area contributed by atoms with Crippen molar-refractivity contribution in [1.82, 2.24) is 20.4 Å². The van der Waals surface area contributed by atoms with E-state index >= 15 is 0 Å². The summed E-state index contributed by atoms with van der Waals surface area (Å²) in [5.74, 6) is -0.180. The van der Waals surface area contributed by atoms with Gasteiger partial charge in [-0.05, 0) is 36.5 Å². The van der Waals surface area contributed by atoms with Crippen LogP contribution in [0.5, 0.6) is 11.5 Å². The van der Waals surface area contributed by atoms with Crippen LogP contribution in [0.4, 0.5) is 4.79 Å². The number of ether oxygens (including phenoxy) is 5. The van der Waals surface area contributed by atoms with Crippen LogP contribution < -0.4 is 20.1 Å². The molecule has 2 aliphatic rings. The van der Waals surface area contributed by atoms with Gasteiger partial charge in [0.1, 0.15) is 31.9 Å². The molecule has 262 valence electrons. The quantitative estimate of drug-likeness (QED) is 0.412. The molecule has 4 rings (SSSR count). The number of hydrogen-bond acceptors (Lipinski definition) is 9. The van der Waals surface area contributed by atoms with Crippen molar-refractivity contribution in [2.75, 3.05) is 65.8 Å². The molecular formula is C35H48N4O9. The van der Waals surface area contributed by atoms with E-state index in [0.29, 0.717) is 76.8 Å². The molecule has 0 bridgehead atoms. The average Bonchev–Trinajstić information content (AvgIpc) is 3.61. The normalized spacial score (nSPS) is 18.8. The zero-order valence-corrected chi connectivity index (χ0v) is 27.9. The Bertz CT molecular complexity index is 1290. The third-order valence-corrected chi connectivity index (χ3v) is 8.39. The number of carbonyl (C=O) groups is 4. The highest BCUT2D eigenvalue weighted by Gasteiger charge is 2.37. The van der Waals surface area contributed by atoms with Gasteiger partial charge in [0.2, 0.25) is 17.7 Å². The van der Waals surface area contributed by atoms with Gasteiger partial charge in [0.25, 0.3) is 0 Å². The lowest BCUT2D eigenvalue weighted by molar-refractivity contribution is -0.136. The molecule has 2 aliphatic heterocycles. The van der Waals surface area contributed by atoms with Gasteiger partial charge in [-0.1, -0.05) is 62.7 Å². The summed E-state index contributed by atoms with van der Waals surface area (Å²) in [6.45, 7) is 6.44. The van der Waals surface area contributed by atoms with Gasteiger partial charge in [-0.25, -0.2) is 4.79 Å². The minimum Gasteiger partial charge on any atom is -0.487 e. The van der Waals surface area contributed by atoms with Crippen LogP contribution in [0, 0.1) is 5.92 Å². The smallest absolute Gasteiger partial charge is 0.410 e. The lowest BCUT2D eigenvalue weighted by Crippen LogP contribution is -2.56. The number of para-hydroxylation sites is 2. The molecule has 0 aliphatic carbocycles. The van der Waals surface area contributed by atoms with Crippen LogP contribution in [-0.4, -0.2) is 112 Å². The molecule has 1 fully saturated rings. The summed E-state index contributed by atoms with van der Waals surface area (Å²) in [6.07, 6.45) is 1.14. The van der Waals surface area contributed by atoms with Gasteiger partial charge in [0.05, 0.1) is 33.0 Å². The van der Waals surface area contributed by atoms with E-state index < -0.39 is 30.0 Å². The van der Waals surface area contributed by atoms with E-state index in [2.05, 4.69) is 10.6 Å². The molecule has 13 heteroatoms. The number of carbonyl (C=O) groups excluding carboxylic acids is 4. The first-order chi connectivity index (χ1) is 23.4. The highest BCUT2D eigenvalue weighted by Crippen LogP contribution is 2.26. The van der Waals surface area contributed by atoms with Gasteiger partial charge in [-0.15, -0.1) is 0 Å². The van der Waals surface area contributed by atoms with Crippen LogP contribution in [0.25, 0.3) is 0 Å². The summed E-state index contributed by atoms with van der Waals surface area (Å²) in [4.78, 5) is 55.9. The van der Waals surface area contributed by atoms with E-state index in [-0.39, 0.29) is 38.2 Å². The lowest BCUT2D eigenvalue weighted by Gasteiger charge is -2.28. The second-order valence-electron chi connectivity index (χ2n) is 11.7. The van der Waals surface area contributed by atoms with Gasteiger partial charge >= 0.3 is 6.09 Å². The van der Waals surface area contributed by atoms with Gasteiger partial charge < -0.3 is 39.2 Å². The molecule has 0 spiro atoms. The largest absolute Gasteiger partial charge is 0.487 e. The topological polar surface area (TPSA) is 145 Å². The minimum absolute atomic E-state index is 0.101. The molecule has 13 nitrogen and oxygen atoms in total. The maximum Gasteiger partial charge on any atom is 0.410 e. The molecule has 1 saturated heterocycles. The van der Waals surface area contributed by atoms with E-state index in [9.17, 15) is 19.2 Å². The van der Waals surface area contributed by atoms with Crippen LogP contribution in [0.1, 0.15) is 38.7 Å². The number of nitrogens with one attached hydrogen (secondary N) is 2. The molecule has 2 N–H and O–H groups in total. The molecule has 0 aromatic heterocycles. The van der Waals surface area contributed by atoms with Crippen LogP contribution >= 0.6 is 0 Å². The first-order valence-electron chi connectivity index (χ1n) is 16.7. The molecule has 3 atom stereocenters. The number of benzene rings is 2. The number of amides is 4. The fourth-order valence-electron chi connectivity index (χ4n) is 5.42. The highest BCUT2D eigenvalue weighted by atomic mass is 16.6. The maximum absolute atomic E-state index is 13.4. The molecule has 48 heavy (non-hydrogen) atoms. The standard InChI is InChI=1S/C35H48N4O9/c1-3-26(2)32(37-33(41)28-12-9-15-39(28)35(43)48-25-27-10-5-4-6-11-27)34(42)36-24-31(40)38-16-18-44-20-22-46-29-13-7-8-14-30(29)47-23-21-45-19-17-38/h4-8,10-11,13-14,26,28,32H,3,9,12,15-25H2,1-2H3,(H,36,42)(H,37,41)/t26-,28+,32-/m1/s1. The molecule has 0 saturated carbocycles. The predicted molar refractivity (Wildman–Crippen MR) is 176 cm³/mol. The molecule has 2 heterocycles. The zero-order chi connectivity index (χ0) is 34.1. The van der Waals surface area contributed by atoms with Gasteiger partial charge in [0, 0.05) is 19.6 Å². The Morgan fingerprint density at radius 1 is 0.854 bits per heavy atom. The molecule has 2 aromatic carbocycles. The second-order valence-corrected chi connectivity index (χ2v) is 11.7. The summed E-state index contributed by atoms with van der Waals surface area (Å²) in [5.41, 5.74) is 0.846. The van der Waals surface area contributed by atoms with E-state index in [1.165, 1.54) is 4.90 Å². The maximum atomic E-state index is 13.4. The Hall–Kier alpha value is -4.36. The Morgan fingerprint density at radius 2 is 1.48 bits per heavy atom. The predicted octanol–water partition coefficient (Wildman–Crippen LogP) is 2.77. The van der Waals surface area contributed by atoms with Crippen molar-refractivity contribution >= 4 is 23.8 Å². The summed E-state index contributed by atoms with van der Waals surface area (Å²) in [6, 6.07) is 15.1. The Balaban J connectivity index is 1.28. The first-order valence-corrected chi connectivity index (χ1v) is 16.7. The number of rotatable bonds is 9. The average molecular weight is 669 g/mol. The van der Waals surface area contributed by atoms with Crippen molar-refractivity contribution in [3.05, 3.63) is 60.2 Å². The molecule has 2 aromatic rings. The summed E-state index contributed by atoms with van der Waals surface area (Å²) < 4.78 is 28.4. The zero-order valence-electron chi connectivity index (χ0n) is 27.9. The SMILES string of the molecule is CC[C@@H](C)[C@@H](NC(=O)[C@@H]1CCCN1C(=O)OCc1ccccc1)C(=O)NCC(=O)N1CCOCCOc2ccccc2OCCOCC1. The van der Waals surface area contributed by atoms with Gasteiger partial charge in [0.15, 0.2) is 11.5 Å². The third kappa shape index (κ3) is 11.1. The first kappa shape index (κ1) is 36.5. The minimum atomic E-state index is -0.892. The van der Waals surface area contributed by atoms with Crippen LogP contribution in [-0.2, 0) is 35.2 Å². The number of fused-ring (bicyclic) bond motifs is 1. The van der Waals surface area contributed by atoms with Crippen molar-refractivity contribution < 1.29 is 42.9 Å². The molecular weight excluding hydrogens is 620 g/mol. The summed E-state index contributed by atoms with van der Waals surface area (Å²) >= 11 is 0. The van der Waals surface area contributed by atoms with Crippen LogP contribution in [0.3, 0.4) is 0 Å². The van der Waals surface area contributed by atoms with E-state index in [1.807, 2.05) is 68.4 Å².